The molecule has 1 aromatic heterocycles. The van der Waals surface area contributed by atoms with Crippen LogP contribution in [0.3, 0.4) is 0 Å². The highest BCUT2D eigenvalue weighted by atomic mass is 35.5. The van der Waals surface area contributed by atoms with E-state index in [1.165, 1.54) is 0 Å². The van der Waals surface area contributed by atoms with Crippen LogP contribution in [0.1, 0.15) is 13.3 Å². The Morgan fingerprint density at radius 1 is 1.61 bits per heavy atom. The van der Waals surface area contributed by atoms with Crippen molar-refractivity contribution >= 4 is 23.3 Å². The van der Waals surface area contributed by atoms with Gasteiger partial charge in [0.05, 0.1) is 11.6 Å². The van der Waals surface area contributed by atoms with Gasteiger partial charge in [0.1, 0.15) is 5.82 Å². The van der Waals surface area contributed by atoms with Crippen LogP contribution in [0, 0.1) is 0 Å². The number of nitrogens with zero attached hydrogens (tertiary/aromatic N) is 2. The quantitative estimate of drug-likeness (QED) is 0.812. The monoisotopic (exact) mass is 271 g/mol. The third-order valence-corrected chi connectivity index (χ3v) is 2.68. The van der Waals surface area contributed by atoms with Crippen LogP contribution in [0.15, 0.2) is 18.3 Å². The number of hydrogen-bond acceptors (Lipinski definition) is 4. The van der Waals surface area contributed by atoms with E-state index in [1.807, 2.05) is 6.92 Å². The summed E-state index contributed by atoms with van der Waals surface area (Å²) in [5.74, 6) is 0.583. The van der Waals surface area contributed by atoms with Crippen molar-refractivity contribution in [2.75, 3.05) is 25.1 Å². The Kier molecular flexibility index (Phi) is 5.88. The normalized spacial score (nSPS) is 12.0. The summed E-state index contributed by atoms with van der Waals surface area (Å²) in [6.45, 7) is 2.13. The van der Waals surface area contributed by atoms with Gasteiger partial charge in [-0.05, 0) is 25.5 Å². The Bertz CT molecular complexity index is 383. The molecule has 2 N–H and O–H groups in total. The molecule has 1 amide bonds. The summed E-state index contributed by atoms with van der Waals surface area (Å²) in [4.78, 5) is 17.5. The van der Waals surface area contributed by atoms with Gasteiger partial charge >= 0.3 is 0 Å². The first kappa shape index (κ1) is 14.7. The third kappa shape index (κ3) is 4.89. The minimum absolute atomic E-state index is 0.0333. The number of pyridine rings is 1. The number of aromatic nitrogens is 1. The number of carbonyl (C=O) groups is 1. The molecule has 6 heteroatoms. The van der Waals surface area contributed by atoms with Crippen LogP contribution < -0.4 is 10.2 Å². The standard InChI is InChI=1S/C12H18ClN3O2/c1-9(5-6-17)15-12(18)8-16(2)11-4-3-10(13)7-14-11/h3-4,7,9,17H,5-6,8H2,1-2H3,(H,15,18). The molecule has 100 valence electrons. The molecule has 0 spiro atoms. The lowest BCUT2D eigenvalue weighted by Gasteiger charge is -2.19. The number of aliphatic hydroxyl groups is 1. The summed E-state index contributed by atoms with van der Waals surface area (Å²) in [5, 5.41) is 12.1. The predicted octanol–water partition coefficient (Wildman–Crippen LogP) is 1.06. The molecule has 0 radical (unpaired) electrons. The maximum atomic E-state index is 11.7. The van der Waals surface area contributed by atoms with Gasteiger partial charge in [-0.2, -0.15) is 0 Å². The molecule has 1 unspecified atom stereocenters. The first-order valence-corrected chi connectivity index (χ1v) is 6.13. The molecule has 5 nitrogen and oxygen atoms in total. The van der Waals surface area contributed by atoms with E-state index in [-0.39, 0.29) is 25.1 Å². The molecular weight excluding hydrogens is 254 g/mol. The Morgan fingerprint density at radius 3 is 2.89 bits per heavy atom. The summed E-state index contributed by atoms with van der Waals surface area (Å²) >= 11 is 5.74. The van der Waals surface area contributed by atoms with E-state index in [0.29, 0.717) is 17.3 Å². The van der Waals surface area contributed by atoms with E-state index in [2.05, 4.69) is 10.3 Å². The average Bonchev–Trinajstić information content (AvgIpc) is 2.29. The maximum Gasteiger partial charge on any atom is 0.239 e. The zero-order chi connectivity index (χ0) is 13.5. The fourth-order valence-electron chi connectivity index (χ4n) is 1.48. The summed E-state index contributed by atoms with van der Waals surface area (Å²) in [6.07, 6.45) is 2.09. The zero-order valence-corrected chi connectivity index (χ0v) is 11.3. The molecule has 0 aliphatic rings. The molecule has 0 aromatic carbocycles. The number of carbonyl (C=O) groups excluding carboxylic acids is 1. The Hall–Kier alpha value is -1.33. The molecule has 18 heavy (non-hydrogen) atoms. The second-order valence-corrected chi connectivity index (χ2v) is 4.61. The second-order valence-electron chi connectivity index (χ2n) is 4.17. The van der Waals surface area contributed by atoms with Crippen molar-refractivity contribution in [3.05, 3.63) is 23.4 Å². The molecule has 1 atom stereocenters. The topological polar surface area (TPSA) is 65.5 Å². The van der Waals surface area contributed by atoms with Gasteiger partial charge in [0.2, 0.25) is 5.91 Å². The van der Waals surface area contributed by atoms with Crippen molar-refractivity contribution in [3.8, 4) is 0 Å². The molecule has 1 rings (SSSR count). The van der Waals surface area contributed by atoms with Crippen molar-refractivity contribution in [2.45, 2.75) is 19.4 Å². The number of likely N-dealkylation sites (N-methyl/N-ethyl adjacent to an activating group) is 1. The SMILES string of the molecule is CC(CCO)NC(=O)CN(C)c1ccc(Cl)cn1. The van der Waals surface area contributed by atoms with Crippen molar-refractivity contribution in [1.29, 1.82) is 0 Å². The number of amides is 1. The maximum absolute atomic E-state index is 11.7. The summed E-state index contributed by atoms with van der Waals surface area (Å²) in [6, 6.07) is 3.45. The predicted molar refractivity (Wildman–Crippen MR) is 71.8 cm³/mol. The minimum atomic E-state index is -0.102. The molecule has 0 fully saturated rings. The zero-order valence-electron chi connectivity index (χ0n) is 10.6. The smallest absolute Gasteiger partial charge is 0.239 e. The fourth-order valence-corrected chi connectivity index (χ4v) is 1.59. The molecule has 0 aliphatic carbocycles. The number of nitrogens with one attached hydrogen (secondary N) is 1. The average molecular weight is 272 g/mol. The summed E-state index contributed by atoms with van der Waals surface area (Å²) in [7, 11) is 1.78. The van der Waals surface area contributed by atoms with Gasteiger partial charge in [-0.15, -0.1) is 0 Å². The Labute approximate surface area is 112 Å². The van der Waals surface area contributed by atoms with Crippen molar-refractivity contribution < 1.29 is 9.90 Å². The van der Waals surface area contributed by atoms with E-state index in [4.69, 9.17) is 16.7 Å². The first-order chi connectivity index (χ1) is 8.52. The molecule has 1 aromatic rings. The van der Waals surface area contributed by atoms with Crippen molar-refractivity contribution in [3.63, 3.8) is 0 Å². The molecular formula is C12H18ClN3O2. The molecule has 0 saturated heterocycles. The lowest BCUT2D eigenvalue weighted by Crippen LogP contribution is -2.40. The first-order valence-electron chi connectivity index (χ1n) is 5.76. The number of aliphatic hydroxyl groups excluding tert-OH is 1. The van der Waals surface area contributed by atoms with Gasteiger partial charge in [0, 0.05) is 25.9 Å². The molecule has 0 bridgehead atoms. The number of halogens is 1. The van der Waals surface area contributed by atoms with Crippen LogP contribution >= 0.6 is 11.6 Å². The van der Waals surface area contributed by atoms with E-state index in [9.17, 15) is 4.79 Å². The molecule has 1 heterocycles. The number of hydrogen-bond donors (Lipinski definition) is 2. The number of rotatable bonds is 6. The van der Waals surface area contributed by atoms with Crippen LogP contribution in [0.4, 0.5) is 5.82 Å². The lowest BCUT2D eigenvalue weighted by molar-refractivity contribution is -0.120. The Morgan fingerprint density at radius 2 is 2.33 bits per heavy atom. The highest BCUT2D eigenvalue weighted by molar-refractivity contribution is 6.30. The van der Waals surface area contributed by atoms with E-state index in [1.54, 1.807) is 30.3 Å². The van der Waals surface area contributed by atoms with Crippen LogP contribution in [0.5, 0.6) is 0 Å². The lowest BCUT2D eigenvalue weighted by atomic mass is 10.2. The van der Waals surface area contributed by atoms with Crippen LogP contribution in [-0.2, 0) is 4.79 Å². The van der Waals surface area contributed by atoms with Gasteiger partial charge in [-0.3, -0.25) is 4.79 Å². The summed E-state index contributed by atoms with van der Waals surface area (Å²) in [5.41, 5.74) is 0. The van der Waals surface area contributed by atoms with Gasteiger partial charge in [-0.1, -0.05) is 11.6 Å². The van der Waals surface area contributed by atoms with E-state index < -0.39 is 0 Å². The largest absolute Gasteiger partial charge is 0.396 e. The molecule has 0 aliphatic heterocycles. The van der Waals surface area contributed by atoms with Gasteiger partial charge in [0.25, 0.3) is 0 Å². The Balaban J connectivity index is 2.46. The highest BCUT2D eigenvalue weighted by Crippen LogP contribution is 2.12. The van der Waals surface area contributed by atoms with Gasteiger partial charge in [0.15, 0.2) is 0 Å². The third-order valence-electron chi connectivity index (χ3n) is 2.45. The second kappa shape index (κ2) is 7.18. The highest BCUT2D eigenvalue weighted by Gasteiger charge is 2.10. The molecule has 0 saturated carbocycles. The van der Waals surface area contributed by atoms with Gasteiger partial charge in [-0.25, -0.2) is 4.98 Å². The van der Waals surface area contributed by atoms with E-state index in [0.717, 1.165) is 0 Å². The van der Waals surface area contributed by atoms with Crippen molar-refractivity contribution in [2.24, 2.45) is 0 Å². The fraction of sp³-hybridized carbons (Fsp3) is 0.500. The van der Waals surface area contributed by atoms with Crippen LogP contribution in [-0.4, -0.2) is 42.2 Å². The summed E-state index contributed by atoms with van der Waals surface area (Å²) < 4.78 is 0. The van der Waals surface area contributed by atoms with Gasteiger partial charge < -0.3 is 15.3 Å². The van der Waals surface area contributed by atoms with E-state index >= 15 is 0 Å². The van der Waals surface area contributed by atoms with Crippen molar-refractivity contribution in [1.82, 2.24) is 10.3 Å². The van der Waals surface area contributed by atoms with Crippen LogP contribution in [0.2, 0.25) is 5.02 Å². The van der Waals surface area contributed by atoms with Crippen LogP contribution in [0.25, 0.3) is 0 Å². The minimum Gasteiger partial charge on any atom is -0.396 e. The number of anilines is 1.